The summed E-state index contributed by atoms with van der Waals surface area (Å²) in [6.45, 7) is 6.20. The average molecular weight is 393 g/mol. The summed E-state index contributed by atoms with van der Waals surface area (Å²) in [7, 11) is 0. The van der Waals surface area contributed by atoms with Crippen LogP contribution in [-0.2, 0) is 0 Å². The van der Waals surface area contributed by atoms with E-state index in [4.69, 9.17) is 0 Å². The normalized spacial score (nSPS) is 10.7. The third-order valence-corrected chi connectivity index (χ3v) is 5.43. The van der Waals surface area contributed by atoms with Crippen LogP contribution >= 0.6 is 11.8 Å². The zero-order chi connectivity index (χ0) is 20.3. The number of carbonyl (C=O) groups is 1. The number of ketones is 1. The molecule has 2 aromatic carbocycles. The molecule has 0 bridgehead atoms. The van der Waals surface area contributed by atoms with E-state index in [0.717, 1.165) is 16.8 Å². The fraction of sp³-hybridized carbons (Fsp3) is 0.190. The summed E-state index contributed by atoms with van der Waals surface area (Å²) in [5.41, 5.74) is 5.84. The van der Waals surface area contributed by atoms with Crippen molar-refractivity contribution in [2.45, 2.75) is 25.8 Å². The average Bonchev–Trinajstić information content (AvgIpc) is 2.69. The number of rotatable bonds is 6. The molecule has 3 aromatic rings. The maximum atomic E-state index is 12.3. The summed E-state index contributed by atoms with van der Waals surface area (Å²) in [6, 6.07) is 13.6. The van der Waals surface area contributed by atoms with Gasteiger partial charge in [-0.15, -0.1) is 10.2 Å². The molecule has 142 valence electrons. The molecule has 0 saturated carbocycles. The second-order valence-corrected chi connectivity index (χ2v) is 7.52. The number of nitrogens with zero attached hydrogens (tertiary/aromatic N) is 3. The molecule has 0 amide bonds. The monoisotopic (exact) mass is 393 g/mol. The zero-order valence-electron chi connectivity index (χ0n) is 15.8. The lowest BCUT2D eigenvalue weighted by Gasteiger charge is -2.09. The van der Waals surface area contributed by atoms with Crippen LogP contribution in [0.3, 0.4) is 0 Å². The predicted octanol–water partition coefficient (Wildman–Crippen LogP) is 4.95. The number of non-ortho nitro benzene ring substituents is 1. The Labute approximate surface area is 167 Å². The first-order chi connectivity index (χ1) is 13.3. The third-order valence-electron chi connectivity index (χ3n) is 4.51. The number of hydrogen-bond donors (Lipinski definition) is 0. The van der Waals surface area contributed by atoms with Gasteiger partial charge in [0.1, 0.15) is 5.03 Å². The topological polar surface area (TPSA) is 86.0 Å². The van der Waals surface area contributed by atoms with Crippen LogP contribution in [0.5, 0.6) is 0 Å². The van der Waals surface area contributed by atoms with E-state index in [0.29, 0.717) is 10.6 Å². The maximum absolute atomic E-state index is 12.3. The summed E-state index contributed by atoms with van der Waals surface area (Å²) in [5.74, 6) is 0.0740. The Hall–Kier alpha value is -3.06. The number of aryl methyl sites for hydroxylation is 3. The highest BCUT2D eigenvalue weighted by atomic mass is 32.2. The van der Waals surface area contributed by atoms with Crippen LogP contribution in [0, 0.1) is 30.9 Å². The molecule has 0 N–H and O–H groups in total. The van der Waals surface area contributed by atoms with Gasteiger partial charge < -0.3 is 0 Å². The van der Waals surface area contributed by atoms with Crippen LogP contribution in [0.2, 0.25) is 0 Å². The van der Waals surface area contributed by atoms with E-state index in [1.807, 2.05) is 12.1 Å². The summed E-state index contributed by atoms with van der Waals surface area (Å²) in [4.78, 5) is 22.5. The lowest BCUT2D eigenvalue weighted by atomic mass is 9.99. The number of nitro benzene ring substituents is 1. The van der Waals surface area contributed by atoms with Gasteiger partial charge in [-0.3, -0.25) is 14.9 Å². The zero-order valence-corrected chi connectivity index (χ0v) is 16.6. The Morgan fingerprint density at radius 1 is 0.964 bits per heavy atom. The quantitative estimate of drug-likeness (QED) is 0.255. The minimum absolute atomic E-state index is 0.0349. The van der Waals surface area contributed by atoms with Gasteiger partial charge in [0.15, 0.2) is 5.78 Å². The first kappa shape index (κ1) is 19.7. The lowest BCUT2D eigenvalue weighted by molar-refractivity contribution is -0.384. The van der Waals surface area contributed by atoms with Crippen molar-refractivity contribution in [3.05, 3.63) is 80.9 Å². The van der Waals surface area contributed by atoms with Crippen LogP contribution < -0.4 is 0 Å². The van der Waals surface area contributed by atoms with Gasteiger partial charge in [0, 0.05) is 23.3 Å². The Kier molecular flexibility index (Phi) is 5.84. The summed E-state index contributed by atoms with van der Waals surface area (Å²) < 4.78 is 0. The number of nitro groups is 1. The highest BCUT2D eigenvalue weighted by molar-refractivity contribution is 7.99. The molecule has 6 nitrogen and oxygen atoms in total. The molecule has 0 saturated heterocycles. The smallest absolute Gasteiger partial charge is 0.269 e. The molecule has 7 heteroatoms. The van der Waals surface area contributed by atoms with Gasteiger partial charge in [-0.25, -0.2) is 0 Å². The molecule has 1 aromatic heterocycles. The number of thioether (sulfide) groups is 1. The van der Waals surface area contributed by atoms with E-state index in [1.165, 1.54) is 47.2 Å². The van der Waals surface area contributed by atoms with Crippen molar-refractivity contribution in [2.24, 2.45) is 0 Å². The standard InChI is InChI=1S/C21H19N3O3S/c1-13-10-15(3)18(11-14(13)2)19-8-9-21(23-22-19)28-12-20(25)16-4-6-17(7-5-16)24(26)27/h4-11H,12H2,1-3H3. The van der Waals surface area contributed by atoms with Crippen molar-refractivity contribution in [3.63, 3.8) is 0 Å². The second-order valence-electron chi connectivity index (χ2n) is 6.52. The van der Waals surface area contributed by atoms with Gasteiger partial charge in [-0.1, -0.05) is 17.8 Å². The molecular formula is C21H19N3O3S. The van der Waals surface area contributed by atoms with Crippen LogP contribution in [-0.4, -0.2) is 26.7 Å². The van der Waals surface area contributed by atoms with Crippen molar-refractivity contribution in [2.75, 3.05) is 5.75 Å². The number of benzene rings is 2. The van der Waals surface area contributed by atoms with E-state index in [1.54, 1.807) is 0 Å². The SMILES string of the molecule is Cc1cc(C)c(-c2ccc(SCC(=O)c3ccc([N+](=O)[O-])cc3)nn2)cc1C. The molecule has 0 atom stereocenters. The van der Waals surface area contributed by atoms with Gasteiger partial charge in [0.25, 0.3) is 5.69 Å². The van der Waals surface area contributed by atoms with Crippen LogP contribution in [0.1, 0.15) is 27.0 Å². The highest BCUT2D eigenvalue weighted by Gasteiger charge is 2.11. The van der Waals surface area contributed by atoms with Crippen molar-refractivity contribution < 1.29 is 9.72 Å². The summed E-state index contributed by atoms with van der Waals surface area (Å²) in [6.07, 6.45) is 0. The van der Waals surface area contributed by atoms with Crippen LogP contribution in [0.4, 0.5) is 5.69 Å². The van der Waals surface area contributed by atoms with E-state index < -0.39 is 4.92 Å². The number of Topliss-reactive ketones (excluding diaryl/α,β-unsaturated/α-hetero) is 1. The third kappa shape index (κ3) is 4.43. The molecule has 0 aliphatic heterocycles. The fourth-order valence-corrected chi connectivity index (χ4v) is 3.48. The van der Waals surface area contributed by atoms with E-state index in [9.17, 15) is 14.9 Å². The largest absolute Gasteiger partial charge is 0.293 e. The van der Waals surface area contributed by atoms with Crippen LogP contribution in [0.15, 0.2) is 53.6 Å². The first-order valence-electron chi connectivity index (χ1n) is 8.67. The highest BCUT2D eigenvalue weighted by Crippen LogP contribution is 2.26. The minimum atomic E-state index is -0.489. The lowest BCUT2D eigenvalue weighted by Crippen LogP contribution is -2.03. The molecule has 0 aliphatic carbocycles. The van der Waals surface area contributed by atoms with E-state index in [2.05, 4.69) is 43.1 Å². The molecule has 0 spiro atoms. The van der Waals surface area contributed by atoms with Gasteiger partial charge in [-0.05, 0) is 67.8 Å². The number of hydrogen-bond acceptors (Lipinski definition) is 6. The van der Waals surface area contributed by atoms with Crippen molar-refractivity contribution >= 4 is 23.2 Å². The molecule has 1 heterocycles. The van der Waals surface area contributed by atoms with Crippen molar-refractivity contribution in [1.82, 2.24) is 10.2 Å². The number of aromatic nitrogens is 2. The Bertz CT molecular complexity index is 1030. The molecule has 0 fully saturated rings. The molecular weight excluding hydrogens is 374 g/mol. The Morgan fingerprint density at radius 2 is 1.64 bits per heavy atom. The second kappa shape index (κ2) is 8.31. The summed E-state index contributed by atoms with van der Waals surface area (Å²) >= 11 is 1.29. The van der Waals surface area contributed by atoms with Crippen molar-refractivity contribution in [1.29, 1.82) is 0 Å². The van der Waals surface area contributed by atoms with E-state index >= 15 is 0 Å². The maximum Gasteiger partial charge on any atom is 0.269 e. The van der Waals surface area contributed by atoms with Gasteiger partial charge in [-0.2, -0.15) is 0 Å². The molecule has 3 rings (SSSR count). The van der Waals surface area contributed by atoms with Gasteiger partial charge in [0.2, 0.25) is 0 Å². The van der Waals surface area contributed by atoms with Crippen LogP contribution in [0.25, 0.3) is 11.3 Å². The Balaban J connectivity index is 1.67. The number of carbonyl (C=O) groups excluding carboxylic acids is 1. The van der Waals surface area contributed by atoms with Gasteiger partial charge >= 0.3 is 0 Å². The Morgan fingerprint density at radius 3 is 2.25 bits per heavy atom. The molecule has 28 heavy (non-hydrogen) atoms. The predicted molar refractivity (Wildman–Crippen MR) is 110 cm³/mol. The van der Waals surface area contributed by atoms with E-state index in [-0.39, 0.29) is 17.2 Å². The molecule has 0 radical (unpaired) electrons. The summed E-state index contributed by atoms with van der Waals surface area (Å²) in [5, 5.41) is 19.9. The molecule has 0 aliphatic rings. The fourth-order valence-electron chi connectivity index (χ4n) is 2.77. The molecule has 0 unspecified atom stereocenters. The van der Waals surface area contributed by atoms with Crippen molar-refractivity contribution in [3.8, 4) is 11.3 Å². The van der Waals surface area contributed by atoms with Gasteiger partial charge in [0.05, 0.1) is 16.4 Å². The minimum Gasteiger partial charge on any atom is -0.293 e. The first-order valence-corrected chi connectivity index (χ1v) is 9.66.